The van der Waals surface area contributed by atoms with E-state index in [-0.39, 0.29) is 0 Å². The van der Waals surface area contributed by atoms with Gasteiger partial charge in [-0.3, -0.25) is 0 Å². The molecule has 0 spiro atoms. The maximum atomic E-state index is 2.53. The molecule has 0 aromatic rings. The molecule has 0 aliphatic heterocycles. The molecule has 0 nitrogen and oxygen atoms in total. The highest BCUT2D eigenvalue weighted by atomic mass is 14.1. The second kappa shape index (κ2) is 6.23. The third-order valence-electron chi connectivity index (χ3n) is 3.25. The van der Waals surface area contributed by atoms with E-state index < -0.39 is 0 Å². The lowest BCUT2D eigenvalue weighted by atomic mass is 9.88. The Hall–Kier alpha value is -0.260. The van der Waals surface area contributed by atoms with Crippen LogP contribution in [0.25, 0.3) is 0 Å². The minimum Gasteiger partial charge on any atom is -0.0851 e. The van der Waals surface area contributed by atoms with Crippen molar-refractivity contribution in [3.8, 4) is 0 Å². The molecule has 0 bridgehead atoms. The fourth-order valence-electron chi connectivity index (χ4n) is 2.33. The summed E-state index contributed by atoms with van der Waals surface area (Å²) in [5.74, 6) is 0.992. The summed E-state index contributed by atoms with van der Waals surface area (Å²) < 4.78 is 0. The summed E-state index contributed by atoms with van der Waals surface area (Å²) >= 11 is 0. The molecule has 1 aliphatic carbocycles. The van der Waals surface area contributed by atoms with Crippen molar-refractivity contribution >= 4 is 0 Å². The summed E-state index contributed by atoms with van der Waals surface area (Å²) in [6.07, 6.45) is 13.7. The number of allylic oxidation sites excluding steroid dienone is 2. The zero-order valence-corrected chi connectivity index (χ0v) is 9.31. The van der Waals surface area contributed by atoms with Crippen molar-refractivity contribution < 1.29 is 0 Å². The summed E-state index contributed by atoms with van der Waals surface area (Å²) in [6, 6.07) is 0. The molecule has 76 valence electrons. The van der Waals surface area contributed by atoms with Crippen LogP contribution in [0.3, 0.4) is 0 Å². The van der Waals surface area contributed by atoms with Gasteiger partial charge in [0, 0.05) is 0 Å². The van der Waals surface area contributed by atoms with Gasteiger partial charge in [0.05, 0.1) is 0 Å². The zero-order chi connectivity index (χ0) is 9.52. The topological polar surface area (TPSA) is 0 Å². The molecule has 0 amide bonds. The molecule has 1 rings (SSSR count). The summed E-state index contributed by atoms with van der Waals surface area (Å²) in [5, 5.41) is 0. The van der Waals surface area contributed by atoms with Crippen molar-refractivity contribution in [3.63, 3.8) is 0 Å². The van der Waals surface area contributed by atoms with E-state index in [1.165, 1.54) is 51.4 Å². The molecule has 0 saturated heterocycles. The third kappa shape index (κ3) is 3.97. The average Bonchev–Trinajstić information content (AvgIpc) is 2.11. The highest BCUT2D eigenvalue weighted by Gasteiger charge is 2.09. The van der Waals surface area contributed by atoms with Gasteiger partial charge in [0.2, 0.25) is 0 Å². The van der Waals surface area contributed by atoms with Gasteiger partial charge in [-0.05, 0) is 31.6 Å². The first-order chi connectivity index (χ1) is 6.36. The van der Waals surface area contributed by atoms with Crippen LogP contribution < -0.4 is 0 Å². The van der Waals surface area contributed by atoms with Crippen LogP contribution in [0.1, 0.15) is 65.2 Å². The van der Waals surface area contributed by atoms with Crippen LogP contribution in [0.5, 0.6) is 0 Å². The molecule has 0 saturated carbocycles. The molecule has 1 unspecified atom stereocenters. The molecule has 1 aliphatic rings. The van der Waals surface area contributed by atoms with Crippen molar-refractivity contribution in [2.45, 2.75) is 65.2 Å². The molecular weight excluding hydrogens is 156 g/mol. The Labute approximate surface area is 83.4 Å². The lowest BCUT2D eigenvalue weighted by Gasteiger charge is -2.18. The molecular formula is C13H24. The van der Waals surface area contributed by atoms with E-state index in [1.54, 1.807) is 5.57 Å². The fourth-order valence-corrected chi connectivity index (χ4v) is 2.33. The molecule has 0 aromatic carbocycles. The predicted molar refractivity (Wildman–Crippen MR) is 59.9 cm³/mol. The monoisotopic (exact) mass is 180 g/mol. The third-order valence-corrected chi connectivity index (χ3v) is 3.25. The first-order valence-electron chi connectivity index (χ1n) is 6.04. The summed E-state index contributed by atoms with van der Waals surface area (Å²) in [7, 11) is 0. The average molecular weight is 180 g/mol. The number of hydrogen-bond donors (Lipinski definition) is 0. The lowest BCUT2D eigenvalue weighted by molar-refractivity contribution is 0.420. The van der Waals surface area contributed by atoms with Gasteiger partial charge >= 0.3 is 0 Å². The van der Waals surface area contributed by atoms with Crippen LogP contribution in [0.15, 0.2) is 11.6 Å². The second-order valence-electron chi connectivity index (χ2n) is 4.35. The summed E-state index contributed by atoms with van der Waals surface area (Å²) in [4.78, 5) is 0. The largest absolute Gasteiger partial charge is 0.0851 e. The van der Waals surface area contributed by atoms with Crippen LogP contribution in [0.2, 0.25) is 0 Å². The van der Waals surface area contributed by atoms with Crippen molar-refractivity contribution in [3.05, 3.63) is 11.6 Å². The van der Waals surface area contributed by atoms with Crippen LogP contribution in [0.4, 0.5) is 0 Å². The molecule has 0 fully saturated rings. The van der Waals surface area contributed by atoms with E-state index >= 15 is 0 Å². The fraction of sp³-hybridized carbons (Fsp3) is 0.846. The van der Waals surface area contributed by atoms with Crippen molar-refractivity contribution in [1.82, 2.24) is 0 Å². The minimum atomic E-state index is 0.992. The Balaban J connectivity index is 2.42. The van der Waals surface area contributed by atoms with Crippen molar-refractivity contribution in [1.29, 1.82) is 0 Å². The van der Waals surface area contributed by atoms with Gasteiger partial charge in [0.25, 0.3) is 0 Å². The normalized spacial score (nSPS) is 28.8. The van der Waals surface area contributed by atoms with Crippen LogP contribution in [-0.4, -0.2) is 0 Å². The standard InChI is InChI=1S/C13H24/c1-3-7-13-9-6-5-8-12(4-2)10-11-13/h10,13H,3-9,11H2,1-2H3/b12-10-. The maximum absolute atomic E-state index is 2.53. The Morgan fingerprint density at radius 3 is 2.85 bits per heavy atom. The van der Waals surface area contributed by atoms with Gasteiger partial charge in [-0.25, -0.2) is 0 Å². The zero-order valence-electron chi connectivity index (χ0n) is 9.31. The smallest absolute Gasteiger partial charge is 0.0320 e. The Kier molecular flexibility index (Phi) is 5.19. The molecule has 0 heterocycles. The van der Waals surface area contributed by atoms with Crippen LogP contribution >= 0.6 is 0 Å². The van der Waals surface area contributed by atoms with Gasteiger partial charge < -0.3 is 0 Å². The minimum absolute atomic E-state index is 0.992. The lowest BCUT2D eigenvalue weighted by Crippen LogP contribution is -2.02. The van der Waals surface area contributed by atoms with E-state index in [2.05, 4.69) is 19.9 Å². The van der Waals surface area contributed by atoms with E-state index in [1.807, 2.05) is 0 Å². The summed E-state index contributed by atoms with van der Waals surface area (Å²) in [5.41, 5.74) is 1.71. The Bertz CT molecular complexity index is 155. The number of hydrogen-bond acceptors (Lipinski definition) is 0. The number of rotatable bonds is 3. The van der Waals surface area contributed by atoms with Crippen LogP contribution in [-0.2, 0) is 0 Å². The highest BCUT2D eigenvalue weighted by molar-refractivity contribution is 5.02. The molecule has 0 aromatic heterocycles. The highest BCUT2D eigenvalue weighted by Crippen LogP contribution is 2.25. The van der Waals surface area contributed by atoms with E-state index in [4.69, 9.17) is 0 Å². The first-order valence-corrected chi connectivity index (χ1v) is 6.04. The van der Waals surface area contributed by atoms with Gasteiger partial charge in [-0.1, -0.05) is 51.2 Å². The van der Waals surface area contributed by atoms with E-state index in [0.717, 1.165) is 5.92 Å². The molecule has 0 N–H and O–H groups in total. The Morgan fingerprint density at radius 1 is 1.31 bits per heavy atom. The van der Waals surface area contributed by atoms with E-state index in [9.17, 15) is 0 Å². The maximum Gasteiger partial charge on any atom is -0.0320 e. The quantitative estimate of drug-likeness (QED) is 0.552. The molecule has 0 radical (unpaired) electrons. The summed E-state index contributed by atoms with van der Waals surface area (Å²) in [6.45, 7) is 4.60. The molecule has 13 heavy (non-hydrogen) atoms. The van der Waals surface area contributed by atoms with Crippen LogP contribution in [0, 0.1) is 5.92 Å². The SMILES string of the molecule is CCCC1C/C=C(/CC)CCCC1. The predicted octanol–water partition coefficient (Wildman–Crippen LogP) is 4.70. The van der Waals surface area contributed by atoms with Gasteiger partial charge in [0.1, 0.15) is 0 Å². The van der Waals surface area contributed by atoms with Gasteiger partial charge in [-0.2, -0.15) is 0 Å². The second-order valence-corrected chi connectivity index (χ2v) is 4.35. The van der Waals surface area contributed by atoms with Gasteiger partial charge in [0.15, 0.2) is 0 Å². The molecule has 1 atom stereocenters. The van der Waals surface area contributed by atoms with E-state index in [0.29, 0.717) is 0 Å². The Morgan fingerprint density at radius 2 is 2.15 bits per heavy atom. The van der Waals surface area contributed by atoms with Crippen molar-refractivity contribution in [2.24, 2.45) is 5.92 Å². The van der Waals surface area contributed by atoms with Gasteiger partial charge in [-0.15, -0.1) is 0 Å². The van der Waals surface area contributed by atoms with Crippen molar-refractivity contribution in [2.75, 3.05) is 0 Å². The first kappa shape index (κ1) is 10.8. The molecule has 0 heteroatoms.